The van der Waals surface area contributed by atoms with Gasteiger partial charge in [-0.2, -0.15) is 13.1 Å². The lowest BCUT2D eigenvalue weighted by molar-refractivity contribution is 0.466. The van der Waals surface area contributed by atoms with Crippen molar-refractivity contribution in [2.75, 3.05) is 26.2 Å². The van der Waals surface area contributed by atoms with Gasteiger partial charge in [-0.25, -0.2) is 0 Å². The summed E-state index contributed by atoms with van der Waals surface area (Å²) in [6, 6.07) is 0. The van der Waals surface area contributed by atoms with Crippen LogP contribution in [0.2, 0.25) is 0 Å². The minimum atomic E-state index is -4.03. The van der Waals surface area contributed by atoms with Crippen LogP contribution in [0.5, 0.6) is 0 Å². The van der Waals surface area contributed by atoms with Crippen molar-refractivity contribution in [2.24, 2.45) is 5.73 Å². The average Bonchev–Trinajstić information content (AvgIpc) is 1.85. The fourth-order valence-corrected chi connectivity index (χ4v) is 0.855. The van der Waals surface area contributed by atoms with E-state index in [9.17, 15) is 8.42 Å². The van der Waals surface area contributed by atoms with E-state index in [0.29, 0.717) is 19.6 Å². The zero-order valence-electron chi connectivity index (χ0n) is 6.08. The maximum absolute atomic E-state index is 10.1. The van der Waals surface area contributed by atoms with Crippen molar-refractivity contribution in [3.05, 3.63) is 0 Å². The number of hydrogen-bond acceptors (Lipinski definition) is 4. The Balaban J connectivity index is 3.16. The van der Waals surface area contributed by atoms with Gasteiger partial charge in [0.1, 0.15) is 0 Å². The van der Waals surface area contributed by atoms with Crippen LogP contribution in [0.1, 0.15) is 0 Å². The van der Waals surface area contributed by atoms with Gasteiger partial charge in [-0.05, 0) is 0 Å². The molecule has 68 valence electrons. The molecule has 0 aromatic heterocycles. The van der Waals surface area contributed by atoms with Gasteiger partial charge >= 0.3 is 10.3 Å². The third-order valence-corrected chi connectivity index (χ3v) is 1.48. The van der Waals surface area contributed by atoms with Crippen LogP contribution >= 0.6 is 0 Å². The molecule has 0 aliphatic rings. The van der Waals surface area contributed by atoms with E-state index in [1.165, 1.54) is 0 Å². The predicted molar refractivity (Wildman–Crippen MR) is 41.5 cm³/mol. The van der Waals surface area contributed by atoms with E-state index < -0.39 is 10.3 Å². The Morgan fingerprint density at radius 3 is 2.36 bits per heavy atom. The molecule has 0 rings (SSSR count). The Bertz CT molecular complexity index is 179. The van der Waals surface area contributed by atoms with Crippen molar-refractivity contribution in [3.8, 4) is 0 Å². The molecular weight excluding hydrogens is 170 g/mol. The molecular formula is C4H13N3O3S. The van der Waals surface area contributed by atoms with Crippen molar-refractivity contribution in [1.29, 1.82) is 0 Å². The van der Waals surface area contributed by atoms with Gasteiger partial charge < -0.3 is 11.1 Å². The van der Waals surface area contributed by atoms with E-state index in [1.54, 1.807) is 0 Å². The SMILES string of the molecule is NCCNCCNS(=O)(=O)O. The second-order valence-corrected chi connectivity index (χ2v) is 3.15. The highest BCUT2D eigenvalue weighted by atomic mass is 32.2. The third kappa shape index (κ3) is 9.79. The zero-order chi connectivity index (χ0) is 8.74. The molecule has 0 bridgehead atoms. The van der Waals surface area contributed by atoms with Gasteiger partial charge in [-0.3, -0.25) is 4.55 Å². The fraction of sp³-hybridized carbons (Fsp3) is 1.00. The Hall–Kier alpha value is -0.210. The van der Waals surface area contributed by atoms with E-state index in [4.69, 9.17) is 10.3 Å². The lowest BCUT2D eigenvalue weighted by Gasteiger charge is -2.01. The normalized spacial score (nSPS) is 11.8. The summed E-state index contributed by atoms with van der Waals surface area (Å²) >= 11 is 0. The first-order valence-corrected chi connectivity index (χ1v) is 4.63. The van der Waals surface area contributed by atoms with E-state index in [1.807, 2.05) is 4.72 Å². The quantitative estimate of drug-likeness (QED) is 0.280. The van der Waals surface area contributed by atoms with Crippen molar-refractivity contribution >= 4 is 10.3 Å². The number of hydrogen-bond donors (Lipinski definition) is 4. The van der Waals surface area contributed by atoms with Crippen LogP contribution in [-0.2, 0) is 10.3 Å². The van der Waals surface area contributed by atoms with Crippen LogP contribution in [0.4, 0.5) is 0 Å². The molecule has 0 fully saturated rings. The summed E-state index contributed by atoms with van der Waals surface area (Å²) in [5.74, 6) is 0. The average molecular weight is 183 g/mol. The van der Waals surface area contributed by atoms with Crippen LogP contribution in [0, 0.1) is 0 Å². The van der Waals surface area contributed by atoms with Crippen molar-refractivity contribution < 1.29 is 13.0 Å². The fourth-order valence-electron chi connectivity index (χ4n) is 0.495. The smallest absolute Gasteiger partial charge is 0.329 e. The van der Waals surface area contributed by atoms with E-state index >= 15 is 0 Å². The van der Waals surface area contributed by atoms with Crippen molar-refractivity contribution in [1.82, 2.24) is 10.0 Å². The molecule has 0 aliphatic carbocycles. The molecule has 0 heterocycles. The molecule has 6 nitrogen and oxygen atoms in total. The molecule has 0 amide bonds. The summed E-state index contributed by atoms with van der Waals surface area (Å²) in [5, 5.41) is 2.84. The monoisotopic (exact) mass is 183 g/mol. The molecule has 0 atom stereocenters. The van der Waals surface area contributed by atoms with E-state index in [-0.39, 0.29) is 6.54 Å². The number of nitrogens with two attached hydrogens (primary N) is 1. The third-order valence-electron chi connectivity index (χ3n) is 0.907. The molecule has 5 N–H and O–H groups in total. The Morgan fingerprint density at radius 2 is 1.91 bits per heavy atom. The minimum absolute atomic E-state index is 0.166. The topological polar surface area (TPSA) is 104 Å². The van der Waals surface area contributed by atoms with Gasteiger partial charge in [0, 0.05) is 26.2 Å². The molecule has 0 saturated heterocycles. The first-order chi connectivity index (χ1) is 5.06. The van der Waals surface area contributed by atoms with E-state index in [0.717, 1.165) is 0 Å². The maximum Gasteiger partial charge on any atom is 0.333 e. The first-order valence-electron chi connectivity index (χ1n) is 3.19. The summed E-state index contributed by atoms with van der Waals surface area (Å²) in [6.45, 7) is 1.76. The Labute approximate surface area is 66.0 Å². The number of rotatable bonds is 6. The Morgan fingerprint density at radius 1 is 1.27 bits per heavy atom. The predicted octanol–water partition coefficient (Wildman–Crippen LogP) is -2.07. The lowest BCUT2D eigenvalue weighted by atomic mass is 10.6. The molecule has 7 heteroatoms. The standard InChI is InChI=1S/C4H13N3O3S/c5-1-2-6-3-4-7-11(8,9)10/h6-7H,1-5H2,(H,8,9,10). The molecule has 0 saturated carbocycles. The summed E-state index contributed by atoms with van der Waals surface area (Å²) < 4.78 is 30.2. The van der Waals surface area contributed by atoms with Gasteiger partial charge in [0.05, 0.1) is 0 Å². The molecule has 0 aliphatic heterocycles. The molecule has 0 aromatic carbocycles. The van der Waals surface area contributed by atoms with Gasteiger partial charge in [-0.15, -0.1) is 0 Å². The highest BCUT2D eigenvalue weighted by Gasteiger charge is 1.99. The summed E-state index contributed by atoms with van der Waals surface area (Å²) in [4.78, 5) is 0. The second kappa shape index (κ2) is 5.44. The zero-order valence-corrected chi connectivity index (χ0v) is 6.89. The molecule has 0 unspecified atom stereocenters. The van der Waals surface area contributed by atoms with Crippen LogP contribution in [0.15, 0.2) is 0 Å². The maximum atomic E-state index is 10.1. The highest BCUT2D eigenvalue weighted by Crippen LogP contribution is 1.69. The van der Waals surface area contributed by atoms with E-state index in [2.05, 4.69) is 5.32 Å². The van der Waals surface area contributed by atoms with Crippen LogP contribution in [-0.4, -0.2) is 39.1 Å². The van der Waals surface area contributed by atoms with Crippen molar-refractivity contribution in [3.63, 3.8) is 0 Å². The van der Waals surface area contributed by atoms with Crippen LogP contribution < -0.4 is 15.8 Å². The highest BCUT2D eigenvalue weighted by molar-refractivity contribution is 7.83. The van der Waals surface area contributed by atoms with Crippen LogP contribution in [0.3, 0.4) is 0 Å². The van der Waals surface area contributed by atoms with Gasteiger partial charge in [0.2, 0.25) is 0 Å². The lowest BCUT2D eigenvalue weighted by Crippen LogP contribution is -2.33. The summed E-state index contributed by atoms with van der Waals surface area (Å²) in [7, 11) is -4.03. The van der Waals surface area contributed by atoms with Gasteiger partial charge in [-0.1, -0.05) is 0 Å². The summed E-state index contributed by atoms with van der Waals surface area (Å²) in [6.07, 6.45) is 0. The largest absolute Gasteiger partial charge is 0.333 e. The molecule has 0 spiro atoms. The van der Waals surface area contributed by atoms with Crippen LogP contribution in [0.25, 0.3) is 0 Å². The number of nitrogens with one attached hydrogen (secondary N) is 2. The van der Waals surface area contributed by atoms with Gasteiger partial charge in [0.25, 0.3) is 0 Å². The molecule has 0 aromatic rings. The second-order valence-electron chi connectivity index (χ2n) is 1.91. The van der Waals surface area contributed by atoms with Crippen molar-refractivity contribution in [2.45, 2.75) is 0 Å². The molecule has 11 heavy (non-hydrogen) atoms. The van der Waals surface area contributed by atoms with Gasteiger partial charge in [0.15, 0.2) is 0 Å². The summed E-state index contributed by atoms with van der Waals surface area (Å²) in [5.41, 5.74) is 5.15. The first kappa shape index (κ1) is 10.8. The minimum Gasteiger partial charge on any atom is -0.329 e. The Kier molecular flexibility index (Phi) is 5.34. The molecule has 0 radical (unpaired) electrons.